The molecule has 0 bridgehead atoms. The maximum absolute atomic E-state index is 13.2. The first kappa shape index (κ1) is 20.1. The lowest BCUT2D eigenvalue weighted by molar-refractivity contribution is -0.125. The van der Waals surface area contributed by atoms with Gasteiger partial charge in [-0.05, 0) is 38.1 Å². The van der Waals surface area contributed by atoms with Crippen molar-refractivity contribution in [3.8, 4) is 17.1 Å². The molecule has 0 aliphatic carbocycles. The van der Waals surface area contributed by atoms with Crippen LogP contribution in [0.15, 0.2) is 34.9 Å². The minimum absolute atomic E-state index is 0.0607. The van der Waals surface area contributed by atoms with Crippen LogP contribution in [0.5, 0.6) is 5.88 Å². The average Bonchev–Trinajstić information content (AvgIpc) is 3.23. The number of nitrogens with two attached hydrogens (primary N) is 1. The number of carbonyl (C=O) groups is 2. The van der Waals surface area contributed by atoms with E-state index in [9.17, 15) is 14.0 Å². The Balaban J connectivity index is 1.75. The molecule has 0 saturated heterocycles. The molecule has 9 nitrogen and oxygen atoms in total. The Hall–Kier alpha value is -3.69. The molecule has 0 spiro atoms. The lowest BCUT2D eigenvalue weighted by atomic mass is 10.1. The van der Waals surface area contributed by atoms with Crippen LogP contribution in [0.25, 0.3) is 11.3 Å². The Labute approximate surface area is 165 Å². The molecule has 1 unspecified atom stereocenters. The summed E-state index contributed by atoms with van der Waals surface area (Å²) in [7, 11) is 1.53. The molecule has 3 aromatic rings. The number of esters is 1. The molecule has 0 radical (unpaired) electrons. The van der Waals surface area contributed by atoms with Gasteiger partial charge in [0.05, 0.1) is 5.56 Å². The number of amides is 1. The summed E-state index contributed by atoms with van der Waals surface area (Å²) in [4.78, 5) is 23.2. The van der Waals surface area contributed by atoms with Crippen molar-refractivity contribution in [1.82, 2.24) is 14.9 Å². The van der Waals surface area contributed by atoms with Gasteiger partial charge in [0.1, 0.15) is 29.6 Å². The summed E-state index contributed by atoms with van der Waals surface area (Å²) in [5.41, 5.74) is 7.04. The molecule has 0 saturated carbocycles. The van der Waals surface area contributed by atoms with Crippen molar-refractivity contribution in [1.29, 1.82) is 0 Å². The fourth-order valence-corrected chi connectivity index (χ4v) is 2.52. The highest BCUT2D eigenvalue weighted by atomic mass is 19.1. The number of aromatic nitrogens is 3. The summed E-state index contributed by atoms with van der Waals surface area (Å²) >= 11 is 0. The first-order chi connectivity index (χ1) is 13.8. The molecule has 1 atom stereocenters. The van der Waals surface area contributed by atoms with Gasteiger partial charge in [0.2, 0.25) is 5.88 Å². The van der Waals surface area contributed by atoms with Crippen molar-refractivity contribution in [2.75, 3.05) is 0 Å². The molecule has 29 heavy (non-hydrogen) atoms. The van der Waals surface area contributed by atoms with Gasteiger partial charge in [-0.1, -0.05) is 5.16 Å². The predicted molar refractivity (Wildman–Crippen MR) is 98.2 cm³/mol. The van der Waals surface area contributed by atoms with Gasteiger partial charge in [-0.2, -0.15) is 0 Å². The fourth-order valence-electron chi connectivity index (χ4n) is 2.52. The lowest BCUT2D eigenvalue weighted by Gasteiger charge is -2.08. The Morgan fingerprint density at radius 1 is 1.31 bits per heavy atom. The van der Waals surface area contributed by atoms with E-state index in [0.717, 1.165) is 0 Å². The second-order valence-electron chi connectivity index (χ2n) is 6.30. The topological polar surface area (TPSA) is 122 Å². The second kappa shape index (κ2) is 8.13. The Morgan fingerprint density at radius 3 is 2.66 bits per heavy atom. The molecule has 2 heterocycles. The number of primary amides is 1. The quantitative estimate of drug-likeness (QED) is 0.601. The van der Waals surface area contributed by atoms with E-state index in [1.807, 2.05) is 0 Å². The largest absolute Gasteiger partial charge is 0.471 e. The number of carbonyl (C=O) groups excluding carboxylic acids is 2. The summed E-state index contributed by atoms with van der Waals surface area (Å²) < 4.78 is 30.3. The van der Waals surface area contributed by atoms with Crippen LogP contribution in [0.4, 0.5) is 4.39 Å². The summed E-state index contributed by atoms with van der Waals surface area (Å²) in [5.74, 6) is -1.17. The summed E-state index contributed by atoms with van der Waals surface area (Å²) in [6.45, 7) is 3.16. The monoisotopic (exact) mass is 402 g/mol. The van der Waals surface area contributed by atoms with Gasteiger partial charge in [0, 0.05) is 18.7 Å². The SMILES string of the molecule is Cc1onc(-c2ccc(F)cc2)c1COc1cc(C(=O)OC(C)C(N)=O)n(C)n1. The summed E-state index contributed by atoms with van der Waals surface area (Å²) in [6.07, 6.45) is -1.07. The van der Waals surface area contributed by atoms with Gasteiger partial charge in [-0.3, -0.25) is 9.48 Å². The number of hydrogen-bond acceptors (Lipinski definition) is 7. The van der Waals surface area contributed by atoms with Crippen molar-refractivity contribution in [3.05, 3.63) is 53.2 Å². The number of benzene rings is 1. The van der Waals surface area contributed by atoms with Crippen LogP contribution in [0.2, 0.25) is 0 Å². The maximum atomic E-state index is 13.2. The van der Waals surface area contributed by atoms with Crippen LogP contribution < -0.4 is 10.5 Å². The van der Waals surface area contributed by atoms with Crippen molar-refractivity contribution in [2.45, 2.75) is 26.6 Å². The fraction of sp³-hybridized carbons (Fsp3) is 0.263. The zero-order valence-electron chi connectivity index (χ0n) is 16.0. The lowest BCUT2D eigenvalue weighted by Crippen LogP contribution is -2.31. The highest BCUT2D eigenvalue weighted by Crippen LogP contribution is 2.26. The van der Waals surface area contributed by atoms with Gasteiger partial charge in [0.15, 0.2) is 6.10 Å². The molecule has 0 aliphatic rings. The van der Waals surface area contributed by atoms with E-state index in [0.29, 0.717) is 22.6 Å². The van der Waals surface area contributed by atoms with Crippen molar-refractivity contribution in [2.24, 2.45) is 12.8 Å². The molecule has 1 amide bonds. The molecule has 10 heteroatoms. The summed E-state index contributed by atoms with van der Waals surface area (Å²) in [6, 6.07) is 7.22. The highest BCUT2D eigenvalue weighted by molar-refractivity contribution is 5.90. The van der Waals surface area contributed by atoms with Crippen molar-refractivity contribution in [3.63, 3.8) is 0 Å². The Kier molecular flexibility index (Phi) is 5.62. The number of rotatable bonds is 7. The molecular weight excluding hydrogens is 383 g/mol. The van der Waals surface area contributed by atoms with Gasteiger partial charge in [-0.15, -0.1) is 5.10 Å². The van der Waals surface area contributed by atoms with Crippen LogP contribution in [0.1, 0.15) is 28.7 Å². The number of halogens is 1. The van der Waals surface area contributed by atoms with Crippen LogP contribution in [-0.4, -0.2) is 32.9 Å². The van der Waals surface area contributed by atoms with Crippen molar-refractivity contribution < 1.29 is 28.0 Å². The first-order valence-electron chi connectivity index (χ1n) is 8.64. The molecule has 0 fully saturated rings. The van der Waals surface area contributed by atoms with E-state index in [1.165, 1.54) is 36.9 Å². The van der Waals surface area contributed by atoms with Gasteiger partial charge < -0.3 is 19.7 Å². The van der Waals surface area contributed by atoms with E-state index >= 15 is 0 Å². The van der Waals surface area contributed by atoms with Crippen LogP contribution in [0, 0.1) is 12.7 Å². The Morgan fingerprint density at radius 2 is 2.00 bits per heavy atom. The average molecular weight is 402 g/mol. The van der Waals surface area contributed by atoms with Gasteiger partial charge >= 0.3 is 5.97 Å². The second-order valence-corrected chi connectivity index (χ2v) is 6.30. The third-order valence-electron chi connectivity index (χ3n) is 4.22. The normalized spacial score (nSPS) is 11.9. The minimum atomic E-state index is -1.07. The van der Waals surface area contributed by atoms with Crippen molar-refractivity contribution >= 4 is 11.9 Å². The molecule has 1 aromatic carbocycles. The number of hydrogen-bond donors (Lipinski definition) is 1. The molecule has 2 N–H and O–H groups in total. The van der Waals surface area contributed by atoms with Gasteiger partial charge in [-0.25, -0.2) is 9.18 Å². The van der Waals surface area contributed by atoms with E-state index in [1.54, 1.807) is 19.1 Å². The van der Waals surface area contributed by atoms with E-state index < -0.39 is 18.0 Å². The van der Waals surface area contributed by atoms with E-state index in [2.05, 4.69) is 10.3 Å². The zero-order chi connectivity index (χ0) is 21.1. The molecule has 152 valence electrons. The number of aryl methyl sites for hydroxylation is 2. The Bertz CT molecular complexity index is 1040. The third-order valence-corrected chi connectivity index (χ3v) is 4.22. The van der Waals surface area contributed by atoms with E-state index in [-0.39, 0.29) is 24.0 Å². The maximum Gasteiger partial charge on any atom is 0.357 e. The highest BCUT2D eigenvalue weighted by Gasteiger charge is 2.21. The number of nitrogens with zero attached hydrogens (tertiary/aromatic N) is 3. The smallest absolute Gasteiger partial charge is 0.357 e. The van der Waals surface area contributed by atoms with Crippen LogP contribution >= 0.6 is 0 Å². The zero-order valence-corrected chi connectivity index (χ0v) is 16.0. The molecule has 0 aliphatic heterocycles. The minimum Gasteiger partial charge on any atom is -0.471 e. The third kappa shape index (κ3) is 4.42. The molecule has 2 aromatic heterocycles. The van der Waals surface area contributed by atoms with Crippen LogP contribution in [0.3, 0.4) is 0 Å². The molecule has 3 rings (SSSR count). The first-order valence-corrected chi connectivity index (χ1v) is 8.64. The van der Waals surface area contributed by atoms with E-state index in [4.69, 9.17) is 19.7 Å². The summed E-state index contributed by atoms with van der Waals surface area (Å²) in [5, 5.41) is 8.11. The van der Waals surface area contributed by atoms with Crippen LogP contribution in [-0.2, 0) is 23.2 Å². The standard InChI is InChI=1S/C19H19FN4O5/c1-10-14(17(23-29-10)12-4-6-13(20)7-5-12)9-27-16-8-15(24(3)22-16)19(26)28-11(2)18(21)25/h4-8,11H,9H2,1-3H3,(H2,21,25). The number of ether oxygens (including phenoxy) is 2. The van der Waals surface area contributed by atoms with Gasteiger partial charge in [0.25, 0.3) is 5.91 Å². The predicted octanol–water partition coefficient (Wildman–Crippen LogP) is 2.13. The molecular formula is C19H19FN4O5.